The van der Waals surface area contributed by atoms with Crippen LogP contribution in [0.1, 0.15) is 6.92 Å². The molecule has 7 heteroatoms. The second-order valence-corrected chi connectivity index (χ2v) is 3.86. The lowest BCUT2D eigenvalue weighted by Crippen LogP contribution is -2.40. The van der Waals surface area contributed by atoms with Crippen LogP contribution in [0.4, 0.5) is 5.69 Å². The van der Waals surface area contributed by atoms with Crippen molar-refractivity contribution in [2.24, 2.45) is 0 Å². The summed E-state index contributed by atoms with van der Waals surface area (Å²) in [4.78, 5) is 34.5. The van der Waals surface area contributed by atoms with E-state index in [-0.39, 0.29) is 5.69 Å². The van der Waals surface area contributed by atoms with Gasteiger partial charge in [0.05, 0.1) is 6.08 Å². The number of aliphatic carboxylic acids is 2. The lowest BCUT2D eigenvalue weighted by atomic mass is 10.2. The normalized spacial score (nSPS) is 12.6. The van der Waals surface area contributed by atoms with Gasteiger partial charge in [-0.1, -0.05) is 18.2 Å². The van der Waals surface area contributed by atoms with Crippen LogP contribution in [0.15, 0.2) is 42.1 Å². The molecule has 1 amide bonds. The van der Waals surface area contributed by atoms with Gasteiger partial charge in [-0.05, 0) is 19.1 Å². The highest BCUT2D eigenvalue weighted by atomic mass is 16.4. The van der Waals surface area contributed by atoms with Gasteiger partial charge in [-0.3, -0.25) is 9.69 Å². The Hall–Kier alpha value is -2.67. The largest absolute Gasteiger partial charge is 0.478 e. The summed E-state index contributed by atoms with van der Waals surface area (Å²) in [7, 11) is 0. The predicted molar refractivity (Wildman–Crippen MR) is 69.0 cm³/mol. The molecule has 0 bridgehead atoms. The van der Waals surface area contributed by atoms with Gasteiger partial charge in [0, 0.05) is 5.69 Å². The highest BCUT2D eigenvalue weighted by Crippen LogP contribution is 2.20. The number of anilines is 1. The van der Waals surface area contributed by atoms with Crippen molar-refractivity contribution >= 4 is 23.5 Å². The molecule has 1 rings (SSSR count). The van der Waals surface area contributed by atoms with Crippen molar-refractivity contribution in [1.82, 2.24) is 0 Å². The van der Waals surface area contributed by atoms with Crippen LogP contribution in [-0.2, 0) is 14.4 Å². The molecular weight excluding hydrogens is 266 g/mol. The summed E-state index contributed by atoms with van der Waals surface area (Å²) in [6.07, 6.45) is -1.08. The number of carboxylic acids is 2. The zero-order valence-corrected chi connectivity index (χ0v) is 10.6. The first-order valence-corrected chi connectivity index (χ1v) is 5.59. The van der Waals surface area contributed by atoms with Crippen molar-refractivity contribution in [1.29, 1.82) is 0 Å². The lowest BCUT2D eigenvalue weighted by Gasteiger charge is -2.24. The van der Waals surface area contributed by atoms with E-state index in [4.69, 9.17) is 10.2 Å². The molecule has 0 spiro atoms. The van der Waals surface area contributed by atoms with Crippen molar-refractivity contribution in [2.45, 2.75) is 13.0 Å². The third-order valence-corrected chi connectivity index (χ3v) is 2.31. The summed E-state index contributed by atoms with van der Waals surface area (Å²) >= 11 is 0. The average Bonchev–Trinajstić information content (AvgIpc) is 2.38. The molecule has 0 aliphatic carbocycles. The number of carboxylic acid groups (broad SMARTS) is 2. The van der Waals surface area contributed by atoms with Gasteiger partial charge in [0.15, 0.2) is 0 Å². The molecule has 20 heavy (non-hydrogen) atoms. The molecule has 0 fully saturated rings. The molecule has 0 radical (unpaired) electrons. The quantitative estimate of drug-likeness (QED) is 0.674. The fourth-order valence-corrected chi connectivity index (χ4v) is 1.49. The van der Waals surface area contributed by atoms with Crippen LogP contribution in [0.3, 0.4) is 0 Å². The van der Waals surface area contributed by atoms with Crippen LogP contribution in [0.2, 0.25) is 0 Å². The van der Waals surface area contributed by atoms with Crippen LogP contribution in [-0.4, -0.2) is 39.3 Å². The highest BCUT2D eigenvalue weighted by molar-refractivity contribution is 6.09. The smallest absolute Gasteiger partial charge is 0.353 e. The Bertz CT molecular complexity index is 549. The molecule has 0 aliphatic heterocycles. The second-order valence-electron chi connectivity index (χ2n) is 3.86. The Morgan fingerprint density at radius 2 is 1.70 bits per heavy atom. The summed E-state index contributed by atoms with van der Waals surface area (Å²) in [6, 6.07) is 7.61. The SMILES string of the molecule is CC(O)C(=O)N(/C(=C/C(=O)O)C(=O)O)c1ccccc1. The molecule has 0 aliphatic rings. The number of aliphatic hydroxyl groups excluding tert-OH is 1. The monoisotopic (exact) mass is 279 g/mol. The fraction of sp³-hybridized carbons (Fsp3) is 0.154. The van der Waals surface area contributed by atoms with Crippen LogP contribution >= 0.6 is 0 Å². The minimum absolute atomic E-state index is 0.147. The van der Waals surface area contributed by atoms with Gasteiger partial charge in [0.2, 0.25) is 0 Å². The molecule has 106 valence electrons. The number of benzene rings is 1. The number of hydrogen-bond acceptors (Lipinski definition) is 4. The zero-order valence-electron chi connectivity index (χ0n) is 10.6. The molecule has 3 N–H and O–H groups in total. The van der Waals surface area contributed by atoms with E-state index in [1.807, 2.05) is 0 Å². The number of carbonyl (C=O) groups is 3. The van der Waals surface area contributed by atoms with Gasteiger partial charge < -0.3 is 15.3 Å². The maximum Gasteiger partial charge on any atom is 0.353 e. The van der Waals surface area contributed by atoms with E-state index in [0.29, 0.717) is 11.0 Å². The Balaban J connectivity index is 3.40. The summed E-state index contributed by atoms with van der Waals surface area (Å²) in [5.41, 5.74) is -0.608. The summed E-state index contributed by atoms with van der Waals surface area (Å²) in [6.45, 7) is 1.17. The fourth-order valence-electron chi connectivity index (χ4n) is 1.49. The van der Waals surface area contributed by atoms with Crippen LogP contribution < -0.4 is 4.90 Å². The Morgan fingerprint density at radius 1 is 1.15 bits per heavy atom. The molecule has 1 aromatic carbocycles. The van der Waals surface area contributed by atoms with Gasteiger partial charge >= 0.3 is 11.9 Å². The molecule has 1 unspecified atom stereocenters. The van der Waals surface area contributed by atoms with E-state index >= 15 is 0 Å². The van der Waals surface area contributed by atoms with E-state index in [1.54, 1.807) is 18.2 Å². The van der Waals surface area contributed by atoms with Crippen molar-refractivity contribution in [2.75, 3.05) is 4.90 Å². The number of amides is 1. The van der Waals surface area contributed by atoms with Gasteiger partial charge in [-0.25, -0.2) is 9.59 Å². The molecule has 7 nitrogen and oxygen atoms in total. The van der Waals surface area contributed by atoms with E-state index < -0.39 is 29.6 Å². The second kappa shape index (κ2) is 6.48. The van der Waals surface area contributed by atoms with Gasteiger partial charge in [0.1, 0.15) is 11.8 Å². The average molecular weight is 279 g/mol. The maximum atomic E-state index is 11.9. The highest BCUT2D eigenvalue weighted by Gasteiger charge is 2.28. The van der Waals surface area contributed by atoms with E-state index in [2.05, 4.69) is 0 Å². The number of nitrogens with zero attached hydrogens (tertiary/aromatic N) is 1. The Morgan fingerprint density at radius 3 is 2.10 bits per heavy atom. The minimum Gasteiger partial charge on any atom is -0.478 e. The molecule has 1 atom stereocenters. The summed E-state index contributed by atoms with van der Waals surface area (Å²) in [5.74, 6) is -4.04. The van der Waals surface area contributed by atoms with Crippen LogP contribution in [0.5, 0.6) is 0 Å². The topological polar surface area (TPSA) is 115 Å². The number of carbonyl (C=O) groups excluding carboxylic acids is 1. The van der Waals surface area contributed by atoms with Crippen molar-refractivity contribution in [3.63, 3.8) is 0 Å². The van der Waals surface area contributed by atoms with E-state index in [0.717, 1.165) is 0 Å². The predicted octanol–water partition coefficient (Wildman–Crippen LogP) is 0.453. The summed E-state index contributed by atoms with van der Waals surface area (Å²) in [5, 5.41) is 27.1. The molecular formula is C13H13NO6. The minimum atomic E-state index is -1.59. The first-order valence-electron chi connectivity index (χ1n) is 5.59. The van der Waals surface area contributed by atoms with Crippen LogP contribution in [0.25, 0.3) is 0 Å². The Kier molecular flexibility index (Phi) is 4.99. The number of rotatable bonds is 5. The molecule has 0 saturated carbocycles. The molecule has 0 aromatic heterocycles. The van der Waals surface area contributed by atoms with E-state index in [9.17, 15) is 19.5 Å². The Labute approximate surface area is 114 Å². The number of para-hydroxylation sites is 1. The number of hydrogen-bond donors (Lipinski definition) is 3. The summed E-state index contributed by atoms with van der Waals surface area (Å²) < 4.78 is 0. The van der Waals surface area contributed by atoms with E-state index in [1.165, 1.54) is 19.1 Å². The third-order valence-electron chi connectivity index (χ3n) is 2.31. The van der Waals surface area contributed by atoms with Crippen molar-refractivity contribution in [3.8, 4) is 0 Å². The van der Waals surface area contributed by atoms with Gasteiger partial charge in [-0.15, -0.1) is 0 Å². The lowest BCUT2D eigenvalue weighted by molar-refractivity contribution is -0.136. The third kappa shape index (κ3) is 3.66. The van der Waals surface area contributed by atoms with Gasteiger partial charge in [-0.2, -0.15) is 0 Å². The number of aliphatic hydroxyl groups is 1. The zero-order chi connectivity index (χ0) is 15.3. The van der Waals surface area contributed by atoms with Crippen LogP contribution in [0, 0.1) is 0 Å². The first-order chi connectivity index (χ1) is 9.34. The van der Waals surface area contributed by atoms with Gasteiger partial charge in [0.25, 0.3) is 5.91 Å². The molecule has 0 saturated heterocycles. The maximum absolute atomic E-state index is 11.9. The standard InChI is InChI=1S/C13H13NO6/c1-8(15)12(18)14(9-5-3-2-4-6-9)10(13(19)20)7-11(16)17/h2-8,15H,1H3,(H,16,17)(H,19,20)/b10-7+. The first kappa shape index (κ1) is 15.4. The molecule has 1 aromatic rings. The molecule has 0 heterocycles. The van der Waals surface area contributed by atoms with Crippen molar-refractivity contribution < 1.29 is 29.7 Å². The van der Waals surface area contributed by atoms with Crippen molar-refractivity contribution in [3.05, 3.63) is 42.1 Å².